The van der Waals surface area contributed by atoms with Crippen LogP contribution in [0.2, 0.25) is 0 Å². The number of hydrogen-bond donors (Lipinski definition) is 1. The van der Waals surface area contributed by atoms with Crippen molar-refractivity contribution in [1.29, 1.82) is 5.26 Å². The van der Waals surface area contributed by atoms with E-state index in [1.807, 2.05) is 31.2 Å². The Morgan fingerprint density at radius 1 is 1.40 bits per heavy atom. The average Bonchev–Trinajstić information content (AvgIpc) is 2.78. The highest BCUT2D eigenvalue weighted by Gasteiger charge is 2.51. The summed E-state index contributed by atoms with van der Waals surface area (Å²) >= 11 is 0. The Labute approximate surface area is 116 Å². The van der Waals surface area contributed by atoms with Gasteiger partial charge in [-0.1, -0.05) is 29.8 Å². The van der Waals surface area contributed by atoms with Gasteiger partial charge in [0, 0.05) is 11.8 Å². The predicted molar refractivity (Wildman–Crippen MR) is 72.3 cm³/mol. The number of benzene rings is 1. The number of carbonyl (C=O) groups is 2. The number of aryl methyl sites for hydroxylation is 1. The van der Waals surface area contributed by atoms with E-state index in [9.17, 15) is 14.9 Å². The molecule has 102 valence electrons. The number of ether oxygens (including phenoxy) is 1. The second-order valence-electron chi connectivity index (χ2n) is 4.50. The van der Waals surface area contributed by atoms with Crippen molar-refractivity contribution in [2.24, 2.45) is 0 Å². The molecule has 1 unspecified atom stereocenters. The van der Waals surface area contributed by atoms with E-state index in [0.717, 1.165) is 11.1 Å². The summed E-state index contributed by atoms with van der Waals surface area (Å²) in [5.41, 5.74) is 0.307. The molecule has 5 nitrogen and oxygen atoms in total. The first-order valence-electron chi connectivity index (χ1n) is 6.23. The number of ketones is 1. The number of nitrogens with one attached hydrogen (secondary N) is 1. The van der Waals surface area contributed by atoms with Gasteiger partial charge in [-0.05, 0) is 19.4 Å². The van der Waals surface area contributed by atoms with Gasteiger partial charge in [0.05, 0.1) is 6.61 Å². The lowest BCUT2D eigenvalue weighted by molar-refractivity contribution is -0.150. The van der Waals surface area contributed by atoms with Gasteiger partial charge in [-0.3, -0.25) is 4.79 Å². The molecule has 5 heteroatoms. The van der Waals surface area contributed by atoms with E-state index < -0.39 is 17.3 Å². The summed E-state index contributed by atoms with van der Waals surface area (Å²) in [6.45, 7) is 3.68. The first kappa shape index (κ1) is 13.8. The highest BCUT2D eigenvalue weighted by Crippen LogP contribution is 2.25. The summed E-state index contributed by atoms with van der Waals surface area (Å²) in [6, 6.07) is 9.15. The minimum absolute atomic E-state index is 0.108. The zero-order chi connectivity index (χ0) is 14.8. The van der Waals surface area contributed by atoms with Crippen molar-refractivity contribution in [3.8, 4) is 6.07 Å². The van der Waals surface area contributed by atoms with Crippen LogP contribution in [0.1, 0.15) is 18.1 Å². The molecule has 1 aromatic rings. The second-order valence-corrected chi connectivity index (χ2v) is 4.50. The van der Waals surface area contributed by atoms with Gasteiger partial charge in [0.25, 0.3) is 5.54 Å². The van der Waals surface area contributed by atoms with Gasteiger partial charge < -0.3 is 10.1 Å². The van der Waals surface area contributed by atoms with Gasteiger partial charge in [0.2, 0.25) is 5.78 Å². The van der Waals surface area contributed by atoms with Crippen molar-refractivity contribution in [2.75, 3.05) is 6.61 Å². The van der Waals surface area contributed by atoms with Gasteiger partial charge in [-0.15, -0.1) is 0 Å². The first-order valence-corrected chi connectivity index (χ1v) is 6.23. The molecule has 1 aromatic carbocycles. The van der Waals surface area contributed by atoms with Crippen molar-refractivity contribution < 1.29 is 14.3 Å². The van der Waals surface area contributed by atoms with E-state index in [4.69, 9.17) is 4.74 Å². The van der Waals surface area contributed by atoms with Crippen LogP contribution in [0.3, 0.4) is 0 Å². The number of hydrogen-bond acceptors (Lipinski definition) is 5. The molecule has 0 fully saturated rings. The van der Waals surface area contributed by atoms with E-state index in [0.29, 0.717) is 5.70 Å². The highest BCUT2D eigenvalue weighted by atomic mass is 16.5. The van der Waals surface area contributed by atoms with Crippen molar-refractivity contribution >= 4 is 17.4 Å². The Balaban J connectivity index is 2.32. The number of esters is 1. The van der Waals surface area contributed by atoms with Crippen LogP contribution in [0.4, 0.5) is 0 Å². The van der Waals surface area contributed by atoms with Crippen molar-refractivity contribution in [3.63, 3.8) is 0 Å². The maximum Gasteiger partial charge on any atom is 0.355 e. The van der Waals surface area contributed by atoms with E-state index >= 15 is 0 Å². The van der Waals surface area contributed by atoms with Gasteiger partial charge in [0.15, 0.2) is 0 Å². The summed E-state index contributed by atoms with van der Waals surface area (Å²) in [6.07, 6.45) is 1.27. The van der Waals surface area contributed by atoms with Crippen LogP contribution in [0, 0.1) is 18.3 Å². The van der Waals surface area contributed by atoms with E-state index in [-0.39, 0.29) is 6.61 Å². The lowest BCUT2D eigenvalue weighted by atomic mass is 9.99. The minimum atomic E-state index is -1.96. The number of rotatable bonds is 3. The van der Waals surface area contributed by atoms with Crippen LogP contribution >= 0.6 is 0 Å². The van der Waals surface area contributed by atoms with Crippen molar-refractivity contribution in [1.82, 2.24) is 5.32 Å². The Morgan fingerprint density at radius 2 is 2.05 bits per heavy atom. The molecular formula is C15H14N2O3. The van der Waals surface area contributed by atoms with Crippen LogP contribution in [0.15, 0.2) is 30.3 Å². The Morgan fingerprint density at radius 3 is 2.60 bits per heavy atom. The van der Waals surface area contributed by atoms with E-state index in [2.05, 4.69) is 5.32 Å². The fraction of sp³-hybridized carbons (Fsp3) is 0.267. The smallest absolute Gasteiger partial charge is 0.355 e. The molecule has 1 aliphatic heterocycles. The maximum absolute atomic E-state index is 12.0. The molecule has 0 saturated heterocycles. The lowest BCUT2D eigenvalue weighted by Crippen LogP contribution is -2.53. The van der Waals surface area contributed by atoms with Crippen molar-refractivity contribution in [3.05, 3.63) is 41.5 Å². The summed E-state index contributed by atoms with van der Waals surface area (Å²) in [4.78, 5) is 23.9. The Hall–Kier alpha value is -2.61. The molecule has 0 aliphatic carbocycles. The standard InChI is InChI=1S/C15H14N2O3/c1-3-20-14(19)15(9-16)13(18)8-12(17-15)11-6-4-10(2)5-7-11/h4-8,17H,3H2,1-2H3. The Kier molecular flexibility index (Phi) is 3.57. The third-order valence-electron chi connectivity index (χ3n) is 3.08. The number of nitriles is 1. The van der Waals surface area contributed by atoms with Crippen molar-refractivity contribution in [2.45, 2.75) is 19.4 Å². The molecule has 20 heavy (non-hydrogen) atoms. The van der Waals surface area contributed by atoms with Crippen LogP contribution < -0.4 is 5.32 Å². The summed E-state index contributed by atoms with van der Waals surface area (Å²) in [5.74, 6) is -1.47. The van der Waals surface area contributed by atoms with Gasteiger partial charge in [-0.2, -0.15) is 5.26 Å². The van der Waals surface area contributed by atoms with Crippen LogP contribution in [-0.4, -0.2) is 23.9 Å². The molecule has 0 saturated carbocycles. The monoisotopic (exact) mass is 270 g/mol. The largest absolute Gasteiger partial charge is 0.463 e. The third-order valence-corrected chi connectivity index (χ3v) is 3.08. The molecule has 1 N–H and O–H groups in total. The zero-order valence-electron chi connectivity index (χ0n) is 11.3. The van der Waals surface area contributed by atoms with Crippen LogP contribution in [0.5, 0.6) is 0 Å². The normalized spacial score (nSPS) is 20.9. The highest BCUT2D eigenvalue weighted by molar-refractivity contribution is 6.22. The zero-order valence-corrected chi connectivity index (χ0v) is 11.3. The minimum Gasteiger partial charge on any atom is -0.463 e. The number of nitrogens with zero attached hydrogens (tertiary/aromatic N) is 1. The Bertz CT molecular complexity index is 626. The lowest BCUT2D eigenvalue weighted by Gasteiger charge is -2.19. The van der Waals surface area contributed by atoms with Crippen LogP contribution in [0.25, 0.3) is 5.70 Å². The topological polar surface area (TPSA) is 79.2 Å². The molecular weight excluding hydrogens is 256 g/mol. The SMILES string of the molecule is CCOC(=O)C1(C#N)NC(c2ccc(C)cc2)=CC1=O. The van der Waals surface area contributed by atoms with Gasteiger partial charge in [-0.25, -0.2) is 4.79 Å². The molecule has 1 heterocycles. The second kappa shape index (κ2) is 5.17. The molecule has 0 bridgehead atoms. The van der Waals surface area contributed by atoms with Crippen LogP contribution in [-0.2, 0) is 14.3 Å². The first-order chi connectivity index (χ1) is 9.53. The molecule has 0 spiro atoms. The quantitative estimate of drug-likeness (QED) is 0.662. The molecule has 0 aromatic heterocycles. The van der Waals surface area contributed by atoms with Gasteiger partial charge >= 0.3 is 5.97 Å². The predicted octanol–water partition coefficient (Wildman–Crippen LogP) is 1.33. The van der Waals surface area contributed by atoms with Gasteiger partial charge in [0.1, 0.15) is 6.07 Å². The average molecular weight is 270 g/mol. The molecule has 0 radical (unpaired) electrons. The summed E-state index contributed by atoms with van der Waals surface area (Å²) in [5, 5.41) is 11.9. The van der Waals surface area contributed by atoms with E-state index in [1.165, 1.54) is 6.08 Å². The van der Waals surface area contributed by atoms with E-state index in [1.54, 1.807) is 13.0 Å². The summed E-state index contributed by atoms with van der Waals surface area (Å²) < 4.78 is 4.82. The molecule has 1 aliphatic rings. The molecule has 2 rings (SSSR count). The summed E-state index contributed by atoms with van der Waals surface area (Å²) in [7, 11) is 0. The fourth-order valence-electron chi connectivity index (χ4n) is 1.95. The fourth-order valence-corrected chi connectivity index (χ4v) is 1.95. The maximum atomic E-state index is 12.0. The molecule has 1 atom stereocenters. The number of carbonyl (C=O) groups excluding carboxylic acids is 2. The third kappa shape index (κ3) is 2.16. The molecule has 0 amide bonds.